The summed E-state index contributed by atoms with van der Waals surface area (Å²) in [4.78, 5) is 19.8. The van der Waals surface area contributed by atoms with Crippen LogP contribution in [0.3, 0.4) is 0 Å². The Labute approximate surface area is 234 Å². The van der Waals surface area contributed by atoms with Gasteiger partial charge in [0.15, 0.2) is 17.4 Å². The van der Waals surface area contributed by atoms with E-state index < -0.39 is 25.1 Å². The summed E-state index contributed by atoms with van der Waals surface area (Å²) >= 11 is 0. The average molecular weight is 570 g/mol. The molecule has 1 saturated carbocycles. The molecule has 1 aliphatic heterocycles. The van der Waals surface area contributed by atoms with Crippen LogP contribution in [0.5, 0.6) is 5.75 Å². The first-order valence-electron chi connectivity index (χ1n) is 13.8. The first kappa shape index (κ1) is 28.2. The Morgan fingerprint density at radius 2 is 1.90 bits per heavy atom. The Morgan fingerprint density at radius 1 is 1.15 bits per heavy atom. The molecule has 3 aromatic rings. The number of nitrogen functional groups attached to an aromatic ring is 1. The third kappa shape index (κ3) is 5.00. The summed E-state index contributed by atoms with van der Waals surface area (Å²) in [5.41, 5.74) is 8.63. The number of hydrogen-bond donors (Lipinski definition) is 1. The Morgan fingerprint density at radius 3 is 2.55 bits per heavy atom. The quantitative estimate of drug-likeness (QED) is 0.250. The molecule has 1 fully saturated rings. The van der Waals surface area contributed by atoms with Gasteiger partial charge in [-0.3, -0.25) is 9.78 Å². The number of aromatic nitrogens is 3. The Hall–Kier alpha value is -3.31. The van der Waals surface area contributed by atoms with E-state index in [9.17, 15) is 4.79 Å². The molecular weight excluding hydrogens is 532 g/mol. The second kappa shape index (κ2) is 10.6. The number of nitrogens with zero attached hydrogens (tertiary/aromatic N) is 4. The molecule has 0 atom stereocenters. The fraction of sp³-hybridized carbons (Fsp3) is 0.483. The highest BCUT2D eigenvalue weighted by atomic mass is 28.3. The third-order valence-corrected chi connectivity index (χ3v) is 9.49. The van der Waals surface area contributed by atoms with Gasteiger partial charge in [0.25, 0.3) is 0 Å². The normalized spacial score (nSPS) is 16.0. The number of amides is 1. The standard InChI is InChI=1S/C29H37F2N5O3Si/c1-6-7-18-12-23(38-2)25(31)27(24(18)30)35-16-19-14-33-22(13-20(19)29(8-9-29)28(35)37)26-21(32)15-34-36(26)17-39-10-11-40(3,4)5/h12-15H,6-11,16-17,32H2,1-5H3. The maximum atomic E-state index is 15.6. The van der Waals surface area contributed by atoms with Gasteiger partial charge >= 0.3 is 0 Å². The van der Waals surface area contributed by atoms with Gasteiger partial charge in [-0.25, -0.2) is 13.5 Å². The van der Waals surface area contributed by atoms with Crippen molar-refractivity contribution in [2.45, 2.75) is 77.0 Å². The van der Waals surface area contributed by atoms with Crippen LogP contribution >= 0.6 is 0 Å². The molecule has 1 spiro atoms. The lowest BCUT2D eigenvalue weighted by atomic mass is 9.86. The van der Waals surface area contributed by atoms with Crippen LogP contribution < -0.4 is 15.4 Å². The van der Waals surface area contributed by atoms with Gasteiger partial charge < -0.3 is 20.1 Å². The number of pyridine rings is 1. The number of carbonyl (C=O) groups excluding carboxylic acids is 1. The van der Waals surface area contributed by atoms with E-state index in [1.165, 1.54) is 18.1 Å². The summed E-state index contributed by atoms with van der Waals surface area (Å²) in [5.74, 6) is -1.99. The zero-order valence-corrected chi connectivity index (χ0v) is 24.8. The van der Waals surface area contributed by atoms with Gasteiger partial charge in [-0.05, 0) is 54.1 Å². The lowest BCUT2D eigenvalue weighted by molar-refractivity contribution is -0.121. The molecule has 2 aliphatic rings. The molecule has 2 N–H and O–H groups in total. The van der Waals surface area contributed by atoms with Crippen LogP contribution in [0.4, 0.5) is 20.2 Å². The van der Waals surface area contributed by atoms with E-state index in [4.69, 9.17) is 15.2 Å². The SMILES string of the molecule is CCCc1cc(OC)c(F)c(N2Cc3cnc(-c4c(N)cnn4COCC[Si](C)(C)C)cc3C3(CC3)C2=O)c1F. The summed E-state index contributed by atoms with van der Waals surface area (Å²) in [5, 5.41) is 4.38. The molecule has 11 heteroatoms. The smallest absolute Gasteiger partial charge is 0.238 e. The summed E-state index contributed by atoms with van der Waals surface area (Å²) in [6.07, 6.45) is 5.49. The monoisotopic (exact) mass is 569 g/mol. The minimum Gasteiger partial charge on any atom is -0.494 e. The largest absolute Gasteiger partial charge is 0.494 e. The van der Waals surface area contributed by atoms with Crippen molar-refractivity contribution in [2.75, 3.05) is 24.4 Å². The maximum absolute atomic E-state index is 15.6. The lowest BCUT2D eigenvalue weighted by Crippen LogP contribution is -2.45. The van der Waals surface area contributed by atoms with Crippen molar-refractivity contribution in [1.82, 2.24) is 14.8 Å². The summed E-state index contributed by atoms with van der Waals surface area (Å²) in [6.45, 7) is 9.67. The van der Waals surface area contributed by atoms with Crippen molar-refractivity contribution in [3.05, 3.63) is 52.9 Å². The molecule has 3 heterocycles. The first-order valence-corrected chi connectivity index (χ1v) is 17.5. The highest BCUT2D eigenvalue weighted by Crippen LogP contribution is 2.55. The van der Waals surface area contributed by atoms with Crippen molar-refractivity contribution in [2.24, 2.45) is 0 Å². The molecule has 40 heavy (non-hydrogen) atoms. The van der Waals surface area contributed by atoms with Crippen molar-refractivity contribution < 1.29 is 23.0 Å². The zero-order chi connectivity index (χ0) is 28.8. The summed E-state index contributed by atoms with van der Waals surface area (Å²) in [7, 11) is 0.106. The number of carbonyl (C=O) groups is 1. The molecular formula is C29H37F2N5O3Si. The minimum atomic E-state index is -1.23. The van der Waals surface area contributed by atoms with E-state index >= 15 is 8.78 Å². The third-order valence-electron chi connectivity index (χ3n) is 7.78. The van der Waals surface area contributed by atoms with Crippen LogP contribution in [0, 0.1) is 11.6 Å². The molecule has 214 valence electrons. The van der Waals surface area contributed by atoms with Crippen LogP contribution in [-0.4, -0.2) is 42.5 Å². The second-order valence-corrected chi connectivity index (χ2v) is 17.6. The molecule has 0 unspecified atom stereocenters. The molecule has 0 saturated heterocycles. The van der Waals surface area contributed by atoms with E-state index in [1.807, 2.05) is 13.0 Å². The van der Waals surface area contributed by atoms with Gasteiger partial charge in [0.1, 0.15) is 18.1 Å². The Balaban J connectivity index is 1.49. The zero-order valence-electron chi connectivity index (χ0n) is 23.8. The van der Waals surface area contributed by atoms with E-state index in [0.29, 0.717) is 54.9 Å². The molecule has 8 nitrogen and oxygen atoms in total. The Kier molecular flexibility index (Phi) is 7.47. The van der Waals surface area contributed by atoms with E-state index in [-0.39, 0.29) is 30.6 Å². The molecule has 1 aliphatic carbocycles. The molecule has 0 radical (unpaired) electrons. The van der Waals surface area contributed by atoms with E-state index in [1.54, 1.807) is 17.1 Å². The van der Waals surface area contributed by atoms with Crippen LogP contribution in [0.1, 0.15) is 42.9 Å². The van der Waals surface area contributed by atoms with Gasteiger partial charge in [-0.2, -0.15) is 5.10 Å². The summed E-state index contributed by atoms with van der Waals surface area (Å²) in [6, 6.07) is 4.29. The van der Waals surface area contributed by atoms with Gasteiger partial charge in [0, 0.05) is 20.9 Å². The van der Waals surface area contributed by atoms with Gasteiger partial charge in [0.2, 0.25) is 5.91 Å². The van der Waals surface area contributed by atoms with Crippen LogP contribution in [0.15, 0.2) is 24.5 Å². The molecule has 5 rings (SSSR count). The number of nitrogens with two attached hydrogens (primary N) is 1. The topological polar surface area (TPSA) is 95.5 Å². The van der Waals surface area contributed by atoms with Crippen LogP contribution in [0.25, 0.3) is 11.4 Å². The molecule has 1 aromatic carbocycles. The number of halogens is 2. The number of fused-ring (bicyclic) bond motifs is 2. The van der Waals surface area contributed by atoms with Crippen LogP contribution in [-0.2, 0) is 34.6 Å². The Bertz CT molecular complexity index is 1450. The average Bonchev–Trinajstić information content (AvgIpc) is 3.62. The number of aryl methyl sites for hydroxylation is 1. The highest BCUT2D eigenvalue weighted by molar-refractivity contribution is 6.76. The van der Waals surface area contributed by atoms with Crippen LogP contribution in [0.2, 0.25) is 25.7 Å². The number of hydrogen-bond acceptors (Lipinski definition) is 6. The number of rotatable bonds is 10. The highest BCUT2D eigenvalue weighted by Gasteiger charge is 2.57. The second-order valence-electron chi connectivity index (χ2n) is 12.0. The predicted octanol–water partition coefficient (Wildman–Crippen LogP) is 5.66. The fourth-order valence-corrected chi connectivity index (χ4v) is 6.14. The first-order chi connectivity index (χ1) is 19.0. The minimum absolute atomic E-state index is 0.00428. The lowest BCUT2D eigenvalue weighted by Gasteiger charge is -2.35. The predicted molar refractivity (Wildman–Crippen MR) is 153 cm³/mol. The van der Waals surface area contributed by atoms with Gasteiger partial charge in [-0.1, -0.05) is 33.0 Å². The van der Waals surface area contributed by atoms with Gasteiger partial charge in [-0.15, -0.1) is 0 Å². The molecule has 0 bridgehead atoms. The number of methoxy groups -OCH3 is 1. The number of anilines is 2. The van der Waals surface area contributed by atoms with Gasteiger partial charge in [0.05, 0.1) is 36.6 Å². The van der Waals surface area contributed by atoms with Crippen molar-refractivity contribution in [1.29, 1.82) is 0 Å². The maximum Gasteiger partial charge on any atom is 0.238 e. The van der Waals surface area contributed by atoms with Crippen molar-refractivity contribution >= 4 is 25.4 Å². The van der Waals surface area contributed by atoms with Crippen molar-refractivity contribution in [3.8, 4) is 17.1 Å². The summed E-state index contributed by atoms with van der Waals surface area (Å²) < 4.78 is 43.9. The number of ether oxygens (including phenoxy) is 2. The molecule has 2 aromatic heterocycles. The number of benzene rings is 1. The fourth-order valence-electron chi connectivity index (χ4n) is 5.38. The van der Waals surface area contributed by atoms with E-state index in [2.05, 4.69) is 29.7 Å². The van der Waals surface area contributed by atoms with E-state index in [0.717, 1.165) is 17.2 Å². The van der Waals surface area contributed by atoms with Crippen molar-refractivity contribution in [3.63, 3.8) is 0 Å². The molecule has 1 amide bonds.